The minimum atomic E-state index is -0.555. The SMILES string of the molecule is O[C@H](COc1cccc2ncccc12)CN1C[C@@H]2CC=CC[C@H]1CN2c1ccc2ccccc2c1. The van der Waals surface area contributed by atoms with Gasteiger partial charge in [0.2, 0.25) is 0 Å². The first-order valence-electron chi connectivity index (χ1n) is 12.5. The molecule has 1 fully saturated rings. The van der Waals surface area contributed by atoms with Crippen LogP contribution in [0.5, 0.6) is 5.75 Å². The zero-order valence-electron chi connectivity index (χ0n) is 19.8. The molecule has 0 amide bonds. The van der Waals surface area contributed by atoms with E-state index in [2.05, 4.69) is 69.4 Å². The molecule has 0 unspecified atom stereocenters. The first kappa shape index (κ1) is 22.1. The Bertz CT molecular complexity index is 1350. The van der Waals surface area contributed by atoms with Crippen molar-refractivity contribution in [3.05, 3.63) is 91.1 Å². The number of pyridine rings is 1. The number of hydrogen-bond donors (Lipinski definition) is 1. The smallest absolute Gasteiger partial charge is 0.128 e. The third kappa shape index (κ3) is 4.62. The molecule has 35 heavy (non-hydrogen) atoms. The number of fused-ring (bicyclic) bond motifs is 6. The molecule has 178 valence electrons. The van der Waals surface area contributed by atoms with Crippen LogP contribution in [0.1, 0.15) is 12.8 Å². The van der Waals surface area contributed by atoms with Crippen LogP contribution < -0.4 is 9.64 Å². The highest BCUT2D eigenvalue weighted by Crippen LogP contribution is 2.31. The number of nitrogens with zero attached hydrogens (tertiary/aromatic N) is 3. The molecule has 5 nitrogen and oxygen atoms in total. The van der Waals surface area contributed by atoms with E-state index in [0.717, 1.165) is 42.6 Å². The van der Waals surface area contributed by atoms with E-state index < -0.39 is 6.10 Å². The molecule has 3 aliphatic heterocycles. The van der Waals surface area contributed by atoms with Crippen molar-refractivity contribution in [1.82, 2.24) is 9.88 Å². The molecule has 4 aromatic rings. The van der Waals surface area contributed by atoms with Gasteiger partial charge in [-0.25, -0.2) is 0 Å². The second kappa shape index (κ2) is 9.68. The molecule has 4 heterocycles. The lowest BCUT2D eigenvalue weighted by Gasteiger charge is -2.48. The van der Waals surface area contributed by atoms with Gasteiger partial charge in [-0.3, -0.25) is 9.88 Å². The van der Waals surface area contributed by atoms with Crippen molar-refractivity contribution < 1.29 is 9.84 Å². The van der Waals surface area contributed by atoms with Crippen LogP contribution >= 0.6 is 0 Å². The Balaban J connectivity index is 1.14. The predicted octanol–water partition coefficient (Wildman–Crippen LogP) is 5.04. The van der Waals surface area contributed by atoms with Crippen molar-refractivity contribution >= 4 is 27.4 Å². The molecule has 0 spiro atoms. The average molecular weight is 466 g/mol. The summed E-state index contributed by atoms with van der Waals surface area (Å²) >= 11 is 0. The van der Waals surface area contributed by atoms with Crippen molar-refractivity contribution in [2.75, 3.05) is 31.1 Å². The van der Waals surface area contributed by atoms with Crippen LogP contribution in [0.4, 0.5) is 5.69 Å². The zero-order chi connectivity index (χ0) is 23.6. The largest absolute Gasteiger partial charge is 0.490 e. The van der Waals surface area contributed by atoms with Crippen LogP contribution in [-0.4, -0.2) is 59.4 Å². The summed E-state index contributed by atoms with van der Waals surface area (Å²) < 4.78 is 6.05. The topological polar surface area (TPSA) is 48.8 Å². The molecule has 1 N–H and O–H groups in total. The summed E-state index contributed by atoms with van der Waals surface area (Å²) in [5.74, 6) is 0.772. The quantitative estimate of drug-likeness (QED) is 0.405. The Hall–Kier alpha value is -3.41. The highest BCUT2D eigenvalue weighted by molar-refractivity contribution is 5.86. The van der Waals surface area contributed by atoms with Crippen molar-refractivity contribution in [3.63, 3.8) is 0 Å². The number of aliphatic hydroxyl groups is 1. The van der Waals surface area contributed by atoms with Gasteiger partial charge in [0.25, 0.3) is 0 Å². The summed E-state index contributed by atoms with van der Waals surface area (Å²) in [6, 6.07) is 25.9. The Morgan fingerprint density at radius 2 is 1.74 bits per heavy atom. The highest BCUT2D eigenvalue weighted by atomic mass is 16.5. The summed E-state index contributed by atoms with van der Waals surface area (Å²) in [6.45, 7) is 2.79. The minimum Gasteiger partial charge on any atom is -0.490 e. The molecule has 5 heteroatoms. The van der Waals surface area contributed by atoms with Gasteiger partial charge in [0, 0.05) is 49.0 Å². The van der Waals surface area contributed by atoms with E-state index in [1.807, 2.05) is 30.3 Å². The number of anilines is 1. The fourth-order valence-electron chi connectivity index (χ4n) is 5.55. The van der Waals surface area contributed by atoms with E-state index in [1.54, 1.807) is 6.20 Å². The molecule has 7 rings (SSSR count). The lowest BCUT2D eigenvalue weighted by atomic mass is 9.96. The second-order valence-corrected chi connectivity index (χ2v) is 9.68. The third-order valence-corrected chi connectivity index (χ3v) is 7.34. The Morgan fingerprint density at radius 1 is 0.886 bits per heavy atom. The van der Waals surface area contributed by atoms with E-state index in [4.69, 9.17) is 4.74 Å². The van der Waals surface area contributed by atoms with Crippen molar-refractivity contribution in [1.29, 1.82) is 0 Å². The maximum atomic E-state index is 10.9. The van der Waals surface area contributed by atoms with E-state index in [1.165, 1.54) is 16.5 Å². The van der Waals surface area contributed by atoms with Crippen molar-refractivity contribution in [3.8, 4) is 5.75 Å². The fraction of sp³-hybridized carbons (Fsp3) is 0.300. The summed E-state index contributed by atoms with van der Waals surface area (Å²) in [7, 11) is 0. The van der Waals surface area contributed by atoms with Gasteiger partial charge in [-0.05, 0) is 60.0 Å². The first-order chi connectivity index (χ1) is 17.2. The molecule has 3 aromatic carbocycles. The summed E-state index contributed by atoms with van der Waals surface area (Å²) in [4.78, 5) is 9.43. The summed E-state index contributed by atoms with van der Waals surface area (Å²) in [5, 5.41) is 14.4. The van der Waals surface area contributed by atoms with Crippen molar-refractivity contribution in [2.24, 2.45) is 0 Å². The molecule has 0 radical (unpaired) electrons. The van der Waals surface area contributed by atoms with Crippen LogP contribution in [0.15, 0.2) is 91.1 Å². The number of ether oxygens (including phenoxy) is 1. The standard InChI is InChI=1S/C30H31N3O2/c34-27(21-35-30-13-5-12-29-28(30)11-6-16-31-29)20-32-18-26-10-4-3-9-25(32)19-33(26)24-15-14-22-7-1-2-8-23(22)17-24/h1-8,11-17,25-27,34H,9-10,18-21H2/t25-,26-,27-/m0/s1. The molecule has 1 aromatic heterocycles. The van der Waals surface area contributed by atoms with Gasteiger partial charge in [0.1, 0.15) is 18.5 Å². The highest BCUT2D eigenvalue weighted by Gasteiger charge is 2.35. The number of hydrogen-bond acceptors (Lipinski definition) is 5. The summed E-state index contributed by atoms with van der Waals surface area (Å²) in [5.41, 5.74) is 2.20. The number of piperazine rings is 1. The monoisotopic (exact) mass is 465 g/mol. The first-order valence-corrected chi connectivity index (χ1v) is 12.5. The van der Waals surface area contributed by atoms with Gasteiger partial charge in [-0.2, -0.15) is 0 Å². The van der Waals surface area contributed by atoms with Gasteiger partial charge >= 0.3 is 0 Å². The van der Waals surface area contributed by atoms with E-state index in [-0.39, 0.29) is 6.61 Å². The molecule has 2 bridgehead atoms. The lowest BCUT2D eigenvalue weighted by Crippen LogP contribution is -2.60. The second-order valence-electron chi connectivity index (χ2n) is 9.68. The number of aliphatic hydroxyl groups excluding tert-OH is 1. The van der Waals surface area contributed by atoms with E-state index >= 15 is 0 Å². The molecule has 0 saturated carbocycles. The molecule has 1 saturated heterocycles. The number of aromatic nitrogens is 1. The van der Waals surface area contributed by atoms with Gasteiger partial charge in [-0.1, -0.05) is 48.6 Å². The van der Waals surface area contributed by atoms with E-state index in [9.17, 15) is 5.11 Å². The maximum Gasteiger partial charge on any atom is 0.128 e. The maximum absolute atomic E-state index is 10.9. The predicted molar refractivity (Wildman–Crippen MR) is 142 cm³/mol. The third-order valence-electron chi connectivity index (χ3n) is 7.34. The minimum absolute atomic E-state index is 0.270. The number of rotatable bonds is 6. The molecular weight excluding hydrogens is 434 g/mol. The Morgan fingerprint density at radius 3 is 2.66 bits per heavy atom. The zero-order valence-corrected chi connectivity index (χ0v) is 19.8. The molecule has 3 atom stereocenters. The van der Waals surface area contributed by atoms with Crippen LogP contribution in [-0.2, 0) is 0 Å². The van der Waals surface area contributed by atoms with Crippen LogP contribution in [0.2, 0.25) is 0 Å². The average Bonchev–Trinajstić information content (AvgIpc) is 2.88. The van der Waals surface area contributed by atoms with Crippen LogP contribution in [0, 0.1) is 0 Å². The Kier molecular flexibility index (Phi) is 6.11. The van der Waals surface area contributed by atoms with Gasteiger partial charge in [-0.15, -0.1) is 0 Å². The van der Waals surface area contributed by atoms with Gasteiger partial charge in [0.15, 0.2) is 0 Å². The molecule has 3 aliphatic rings. The Labute approximate surface area is 206 Å². The van der Waals surface area contributed by atoms with Crippen LogP contribution in [0.25, 0.3) is 21.7 Å². The molecular formula is C30H31N3O2. The molecule has 0 aliphatic carbocycles. The fourth-order valence-corrected chi connectivity index (χ4v) is 5.55. The van der Waals surface area contributed by atoms with E-state index in [0.29, 0.717) is 18.6 Å². The van der Waals surface area contributed by atoms with Gasteiger partial charge in [0.05, 0.1) is 5.52 Å². The lowest BCUT2D eigenvalue weighted by molar-refractivity contribution is 0.0409. The number of benzene rings is 3. The summed E-state index contributed by atoms with van der Waals surface area (Å²) in [6.07, 6.45) is 7.89. The normalized spacial score (nSPS) is 21.2. The van der Waals surface area contributed by atoms with Crippen LogP contribution in [0.3, 0.4) is 0 Å². The van der Waals surface area contributed by atoms with Gasteiger partial charge < -0.3 is 14.7 Å². The van der Waals surface area contributed by atoms with Crippen molar-refractivity contribution in [2.45, 2.75) is 31.0 Å².